The van der Waals surface area contributed by atoms with Crippen LogP contribution in [0.3, 0.4) is 0 Å². The summed E-state index contributed by atoms with van der Waals surface area (Å²) < 4.78 is 9.59. The molecule has 1 aliphatic heterocycles. The van der Waals surface area contributed by atoms with Gasteiger partial charge < -0.3 is 14.4 Å². The molecule has 6 heteroatoms. The molecule has 1 aromatic carbocycles. The lowest BCUT2D eigenvalue weighted by Crippen LogP contribution is -2.27. The van der Waals surface area contributed by atoms with Gasteiger partial charge in [-0.15, -0.1) is 0 Å². The fourth-order valence-corrected chi connectivity index (χ4v) is 2.33. The summed E-state index contributed by atoms with van der Waals surface area (Å²) in [5, 5.41) is 9.16. The van der Waals surface area contributed by atoms with Gasteiger partial charge in [-0.05, 0) is 42.8 Å². The molecule has 0 aromatic heterocycles. The molecule has 0 bridgehead atoms. The first-order chi connectivity index (χ1) is 11.5. The smallest absolute Gasteiger partial charge is 0.355 e. The number of carbonyl (C=O) groups excluding carboxylic acids is 2. The zero-order valence-corrected chi connectivity index (χ0v) is 13.6. The number of esters is 2. The van der Waals surface area contributed by atoms with E-state index in [-0.39, 0.29) is 11.3 Å². The van der Waals surface area contributed by atoms with Crippen molar-refractivity contribution in [3.8, 4) is 6.07 Å². The molecule has 1 aromatic rings. The van der Waals surface area contributed by atoms with Gasteiger partial charge in [0.1, 0.15) is 5.70 Å². The minimum atomic E-state index is -0.688. The predicted molar refractivity (Wildman–Crippen MR) is 87.7 cm³/mol. The number of hydrogen-bond acceptors (Lipinski definition) is 6. The van der Waals surface area contributed by atoms with Gasteiger partial charge in [0, 0.05) is 11.9 Å². The average Bonchev–Trinajstić information content (AvgIpc) is 2.82. The Hall–Kier alpha value is -3.33. The molecule has 122 valence electrons. The van der Waals surface area contributed by atoms with Gasteiger partial charge >= 0.3 is 11.9 Å². The monoisotopic (exact) mass is 324 g/mol. The van der Waals surface area contributed by atoms with Crippen LogP contribution in [0.25, 0.3) is 0 Å². The summed E-state index contributed by atoms with van der Waals surface area (Å²) in [6.07, 6.45) is 6.40. The van der Waals surface area contributed by atoms with Crippen molar-refractivity contribution in [3.63, 3.8) is 0 Å². The molecule has 0 N–H and O–H groups in total. The summed E-state index contributed by atoms with van der Waals surface area (Å²) in [5.74, 6) is -1.35. The lowest BCUT2D eigenvalue weighted by atomic mass is 10.1. The van der Waals surface area contributed by atoms with Gasteiger partial charge in [0.25, 0.3) is 0 Å². The third-order valence-corrected chi connectivity index (χ3v) is 3.36. The molecule has 0 spiro atoms. The van der Waals surface area contributed by atoms with E-state index < -0.39 is 11.9 Å². The van der Waals surface area contributed by atoms with Gasteiger partial charge in [-0.3, -0.25) is 0 Å². The molecule has 0 saturated heterocycles. The van der Waals surface area contributed by atoms with Crippen LogP contribution in [0.4, 0.5) is 5.69 Å². The maximum Gasteiger partial charge on any atom is 0.355 e. The number of anilines is 1. The van der Waals surface area contributed by atoms with Crippen molar-refractivity contribution in [1.29, 1.82) is 5.26 Å². The second kappa shape index (κ2) is 7.29. The van der Waals surface area contributed by atoms with E-state index in [1.807, 2.05) is 6.92 Å². The molecule has 2 rings (SSSR count). The van der Waals surface area contributed by atoms with Gasteiger partial charge in [0.05, 0.1) is 31.4 Å². The molecule has 0 unspecified atom stereocenters. The summed E-state index contributed by atoms with van der Waals surface area (Å²) in [7, 11) is 2.47. The molecular formula is C18H16N2O4. The predicted octanol–water partition coefficient (Wildman–Crippen LogP) is 2.36. The molecule has 0 amide bonds. The summed E-state index contributed by atoms with van der Waals surface area (Å²) >= 11 is 0. The number of nitrogens with zero attached hydrogens (tertiary/aromatic N) is 2. The summed E-state index contributed by atoms with van der Waals surface area (Å²) in [4.78, 5) is 25.9. The van der Waals surface area contributed by atoms with E-state index >= 15 is 0 Å². The van der Waals surface area contributed by atoms with Crippen molar-refractivity contribution in [1.82, 2.24) is 0 Å². The van der Waals surface area contributed by atoms with E-state index in [9.17, 15) is 9.59 Å². The second-order valence-corrected chi connectivity index (χ2v) is 4.99. The van der Waals surface area contributed by atoms with Crippen LogP contribution >= 0.6 is 0 Å². The standard InChI is InChI=1S/C18H16N2O4/c1-12-8-13(11-19)10-14(9-12)20-7-5-4-6-15(17(21)23-2)16(20)18(22)24-3/h4-10H,1-3H3. The summed E-state index contributed by atoms with van der Waals surface area (Å²) in [6.45, 7) is 1.84. The topological polar surface area (TPSA) is 79.6 Å². The molecule has 0 saturated carbocycles. The fourth-order valence-electron chi connectivity index (χ4n) is 2.33. The van der Waals surface area contributed by atoms with E-state index in [4.69, 9.17) is 14.7 Å². The highest BCUT2D eigenvalue weighted by molar-refractivity contribution is 6.05. The van der Waals surface area contributed by atoms with Crippen LogP contribution in [0.1, 0.15) is 11.1 Å². The van der Waals surface area contributed by atoms with Crippen molar-refractivity contribution in [2.75, 3.05) is 19.1 Å². The Morgan fingerprint density at radius 3 is 2.42 bits per heavy atom. The Morgan fingerprint density at radius 2 is 1.79 bits per heavy atom. The van der Waals surface area contributed by atoms with E-state index in [1.54, 1.807) is 36.6 Å². The molecule has 0 fully saturated rings. The molecule has 0 atom stereocenters. The SMILES string of the molecule is COC(=O)C1=C(C(=O)OC)N(c2cc(C)cc(C#N)c2)C=CC=C1. The highest BCUT2D eigenvalue weighted by Crippen LogP contribution is 2.28. The zero-order chi connectivity index (χ0) is 17.7. The minimum absolute atomic E-state index is 0.0174. The molecule has 1 heterocycles. The average molecular weight is 324 g/mol. The normalized spacial score (nSPS) is 13.3. The van der Waals surface area contributed by atoms with Crippen LogP contribution in [0.2, 0.25) is 0 Å². The van der Waals surface area contributed by atoms with Crippen LogP contribution in [-0.2, 0) is 19.1 Å². The number of carbonyl (C=O) groups is 2. The van der Waals surface area contributed by atoms with Crippen LogP contribution < -0.4 is 4.90 Å². The number of ether oxygens (including phenoxy) is 2. The molecule has 0 radical (unpaired) electrons. The highest BCUT2D eigenvalue weighted by Gasteiger charge is 2.27. The van der Waals surface area contributed by atoms with Crippen molar-refractivity contribution < 1.29 is 19.1 Å². The maximum absolute atomic E-state index is 12.3. The largest absolute Gasteiger partial charge is 0.465 e. The number of allylic oxidation sites excluding steroid dienone is 2. The third kappa shape index (κ3) is 3.36. The van der Waals surface area contributed by atoms with E-state index in [0.717, 1.165) is 5.56 Å². The lowest BCUT2D eigenvalue weighted by Gasteiger charge is -2.23. The first kappa shape index (κ1) is 17.0. The quantitative estimate of drug-likeness (QED) is 0.794. The van der Waals surface area contributed by atoms with Crippen LogP contribution in [0, 0.1) is 18.3 Å². The van der Waals surface area contributed by atoms with Gasteiger partial charge in [-0.2, -0.15) is 5.26 Å². The van der Waals surface area contributed by atoms with E-state index in [2.05, 4.69) is 6.07 Å². The molecular weight excluding hydrogens is 308 g/mol. The van der Waals surface area contributed by atoms with Gasteiger partial charge in [0.2, 0.25) is 0 Å². The van der Waals surface area contributed by atoms with Crippen molar-refractivity contribution in [3.05, 3.63) is 65.0 Å². The van der Waals surface area contributed by atoms with Crippen molar-refractivity contribution in [2.24, 2.45) is 0 Å². The second-order valence-electron chi connectivity index (χ2n) is 4.99. The molecule has 24 heavy (non-hydrogen) atoms. The minimum Gasteiger partial charge on any atom is -0.465 e. The number of aryl methyl sites for hydroxylation is 1. The Labute approximate surface area is 139 Å². The molecule has 1 aliphatic rings. The molecule has 6 nitrogen and oxygen atoms in total. The Bertz CT molecular complexity index is 813. The van der Waals surface area contributed by atoms with Crippen molar-refractivity contribution >= 4 is 17.6 Å². The zero-order valence-electron chi connectivity index (χ0n) is 13.6. The van der Waals surface area contributed by atoms with Crippen molar-refractivity contribution in [2.45, 2.75) is 6.92 Å². The van der Waals surface area contributed by atoms with Gasteiger partial charge in [-0.1, -0.05) is 6.08 Å². The number of benzene rings is 1. The van der Waals surface area contributed by atoms with Crippen LogP contribution in [-0.4, -0.2) is 26.2 Å². The summed E-state index contributed by atoms with van der Waals surface area (Å²) in [5.41, 5.74) is 1.93. The Morgan fingerprint density at radius 1 is 1.08 bits per heavy atom. The Kier molecular flexibility index (Phi) is 5.17. The molecule has 0 aliphatic carbocycles. The van der Waals surface area contributed by atoms with Crippen LogP contribution in [0.5, 0.6) is 0 Å². The third-order valence-electron chi connectivity index (χ3n) is 3.36. The van der Waals surface area contributed by atoms with E-state index in [0.29, 0.717) is 11.3 Å². The fraction of sp³-hybridized carbons (Fsp3) is 0.167. The van der Waals surface area contributed by atoms with Crippen LogP contribution in [0.15, 0.2) is 53.9 Å². The maximum atomic E-state index is 12.3. The van der Waals surface area contributed by atoms with E-state index in [1.165, 1.54) is 25.2 Å². The first-order valence-corrected chi connectivity index (χ1v) is 7.08. The van der Waals surface area contributed by atoms with Gasteiger partial charge in [-0.25, -0.2) is 9.59 Å². The first-order valence-electron chi connectivity index (χ1n) is 7.08. The number of rotatable bonds is 3. The Balaban J connectivity index is 2.70. The number of hydrogen-bond donors (Lipinski definition) is 0. The number of methoxy groups -OCH3 is 2. The summed E-state index contributed by atoms with van der Waals surface area (Å²) in [6, 6.07) is 7.23. The lowest BCUT2D eigenvalue weighted by molar-refractivity contribution is -0.139. The highest BCUT2D eigenvalue weighted by atomic mass is 16.5. The number of nitriles is 1. The van der Waals surface area contributed by atoms with Gasteiger partial charge in [0.15, 0.2) is 0 Å².